The quantitative estimate of drug-likeness (QED) is 0.559. The average Bonchev–Trinajstić information content (AvgIpc) is 3.39. The highest BCUT2D eigenvalue weighted by atomic mass is 35.5. The highest BCUT2D eigenvalue weighted by molar-refractivity contribution is 5.93. The summed E-state index contributed by atoms with van der Waals surface area (Å²) in [6.07, 6.45) is 3.85. The maximum Gasteiger partial charge on any atom is 0.229 e. The van der Waals surface area contributed by atoms with Crippen LogP contribution >= 0.6 is 12.4 Å². The number of aryl methyl sites for hydroxylation is 1. The number of carbonyl (C=O) groups excluding carboxylic acids is 1. The lowest BCUT2D eigenvalue weighted by Gasteiger charge is -2.18. The predicted molar refractivity (Wildman–Crippen MR) is 123 cm³/mol. The predicted octanol–water partition coefficient (Wildman–Crippen LogP) is 3.96. The van der Waals surface area contributed by atoms with Crippen molar-refractivity contribution in [1.82, 2.24) is 15.1 Å². The number of hydrogen-bond acceptors (Lipinski definition) is 4. The first kappa shape index (κ1) is 21.9. The largest absolute Gasteiger partial charge is 0.379 e. The van der Waals surface area contributed by atoms with Crippen molar-refractivity contribution in [3.63, 3.8) is 0 Å². The Morgan fingerprint density at radius 3 is 2.47 bits per heavy atom. The summed E-state index contributed by atoms with van der Waals surface area (Å²) >= 11 is 0. The molecule has 1 aliphatic heterocycles. The van der Waals surface area contributed by atoms with Crippen molar-refractivity contribution in [1.29, 1.82) is 0 Å². The van der Waals surface area contributed by atoms with E-state index in [9.17, 15) is 4.79 Å². The molecule has 1 unspecified atom stereocenters. The van der Waals surface area contributed by atoms with Crippen molar-refractivity contribution in [2.45, 2.75) is 18.9 Å². The molecule has 1 aliphatic rings. The fourth-order valence-corrected chi connectivity index (χ4v) is 3.90. The van der Waals surface area contributed by atoms with E-state index < -0.39 is 0 Å². The van der Waals surface area contributed by atoms with Crippen LogP contribution in [-0.4, -0.2) is 28.8 Å². The number of nitrogens with one attached hydrogen (secondary N) is 3. The van der Waals surface area contributed by atoms with Crippen LogP contribution in [0, 0.1) is 5.92 Å². The maximum atomic E-state index is 12.9. The van der Waals surface area contributed by atoms with E-state index >= 15 is 0 Å². The standard InChI is InChI=1S/C23H27N5O.ClH/c1-16(17-6-4-3-5-7-17)26-19-8-10-20(11-9-19)27-23(29)22-14-24-13-21(22)18-12-25-28(2)15-18;/h3-12,15-16,21-22,24,26H,13-14H2,1-2H3,(H,27,29);1H/t16?,21-,22+;/m1./s1. The first-order chi connectivity index (χ1) is 14.1. The summed E-state index contributed by atoms with van der Waals surface area (Å²) in [6, 6.07) is 18.4. The number of benzene rings is 2. The van der Waals surface area contributed by atoms with E-state index in [1.807, 2.05) is 61.9 Å². The molecule has 1 fully saturated rings. The first-order valence-electron chi connectivity index (χ1n) is 10.0. The van der Waals surface area contributed by atoms with Gasteiger partial charge in [-0.1, -0.05) is 30.3 Å². The van der Waals surface area contributed by atoms with Gasteiger partial charge >= 0.3 is 0 Å². The SMILES string of the molecule is CC(Nc1ccc(NC(=O)[C@H]2CNC[C@@H]2c2cnn(C)c2)cc1)c1ccccc1.Cl. The minimum absolute atomic E-state index is 0. The summed E-state index contributed by atoms with van der Waals surface area (Å²) in [5, 5.41) is 14.1. The Balaban J connectivity index is 0.00000256. The summed E-state index contributed by atoms with van der Waals surface area (Å²) in [6.45, 7) is 3.61. The summed E-state index contributed by atoms with van der Waals surface area (Å²) in [4.78, 5) is 12.9. The Bertz CT molecular complexity index is 957. The molecule has 6 nitrogen and oxygen atoms in total. The Kier molecular flexibility index (Phi) is 7.13. The fraction of sp³-hybridized carbons (Fsp3) is 0.304. The van der Waals surface area contributed by atoms with Crippen molar-refractivity contribution in [3.8, 4) is 0 Å². The lowest BCUT2D eigenvalue weighted by atomic mass is 9.90. The molecule has 0 radical (unpaired) electrons. The van der Waals surface area contributed by atoms with Gasteiger partial charge in [0.25, 0.3) is 0 Å². The van der Waals surface area contributed by atoms with Gasteiger partial charge in [0.2, 0.25) is 5.91 Å². The number of anilines is 2. The fourth-order valence-electron chi connectivity index (χ4n) is 3.90. The van der Waals surface area contributed by atoms with Gasteiger partial charge < -0.3 is 16.0 Å². The molecule has 30 heavy (non-hydrogen) atoms. The Labute approximate surface area is 183 Å². The minimum atomic E-state index is -0.102. The second kappa shape index (κ2) is 9.78. The van der Waals surface area contributed by atoms with Crippen molar-refractivity contribution in [2.75, 3.05) is 23.7 Å². The van der Waals surface area contributed by atoms with E-state index in [1.54, 1.807) is 4.68 Å². The maximum absolute atomic E-state index is 12.9. The molecule has 1 amide bonds. The number of amides is 1. The lowest BCUT2D eigenvalue weighted by molar-refractivity contribution is -0.119. The molecule has 0 aliphatic carbocycles. The van der Waals surface area contributed by atoms with Crippen LogP contribution in [0.15, 0.2) is 67.0 Å². The van der Waals surface area contributed by atoms with Crippen molar-refractivity contribution in [3.05, 3.63) is 78.1 Å². The number of rotatable bonds is 6. The summed E-state index contributed by atoms with van der Waals surface area (Å²) in [7, 11) is 1.90. The number of halogens is 1. The normalized spacial score (nSPS) is 19.0. The molecule has 4 rings (SSSR count). The van der Waals surface area contributed by atoms with Gasteiger partial charge in [0.05, 0.1) is 12.1 Å². The molecule has 3 atom stereocenters. The molecule has 3 N–H and O–H groups in total. The average molecular weight is 426 g/mol. The van der Waals surface area contributed by atoms with Gasteiger partial charge in [-0.3, -0.25) is 9.48 Å². The van der Waals surface area contributed by atoms with E-state index in [4.69, 9.17) is 0 Å². The topological polar surface area (TPSA) is 71.0 Å². The van der Waals surface area contributed by atoms with E-state index in [0.29, 0.717) is 6.54 Å². The van der Waals surface area contributed by atoms with Gasteiger partial charge in [-0.2, -0.15) is 5.10 Å². The summed E-state index contributed by atoms with van der Waals surface area (Å²) in [5.74, 6) is 0.0914. The van der Waals surface area contributed by atoms with Crippen LogP contribution in [0.5, 0.6) is 0 Å². The van der Waals surface area contributed by atoms with Crippen LogP contribution in [0.1, 0.15) is 30.0 Å². The summed E-state index contributed by atoms with van der Waals surface area (Å²) < 4.78 is 1.78. The van der Waals surface area contributed by atoms with Crippen molar-refractivity contribution in [2.24, 2.45) is 13.0 Å². The molecule has 2 heterocycles. The zero-order chi connectivity index (χ0) is 20.2. The smallest absolute Gasteiger partial charge is 0.229 e. The van der Waals surface area contributed by atoms with Crippen LogP contribution in [-0.2, 0) is 11.8 Å². The first-order valence-corrected chi connectivity index (χ1v) is 10.0. The van der Waals surface area contributed by atoms with Crippen LogP contribution in [0.25, 0.3) is 0 Å². The molecule has 0 bridgehead atoms. The molecule has 0 spiro atoms. The molecule has 3 aromatic rings. The van der Waals surface area contributed by atoms with Crippen LogP contribution < -0.4 is 16.0 Å². The zero-order valence-corrected chi connectivity index (χ0v) is 18.0. The second-order valence-corrected chi connectivity index (χ2v) is 7.66. The van der Waals surface area contributed by atoms with E-state index in [2.05, 4.69) is 40.1 Å². The highest BCUT2D eigenvalue weighted by Crippen LogP contribution is 2.29. The van der Waals surface area contributed by atoms with E-state index in [1.165, 1.54) is 5.56 Å². The third kappa shape index (κ3) is 5.01. The molecule has 1 aromatic heterocycles. The molecule has 1 saturated heterocycles. The Morgan fingerprint density at radius 1 is 1.10 bits per heavy atom. The zero-order valence-electron chi connectivity index (χ0n) is 17.2. The van der Waals surface area contributed by atoms with Gasteiger partial charge in [0, 0.05) is 49.7 Å². The number of hydrogen-bond donors (Lipinski definition) is 3. The third-order valence-corrected chi connectivity index (χ3v) is 5.54. The van der Waals surface area contributed by atoms with Crippen molar-refractivity contribution < 1.29 is 4.79 Å². The summed E-state index contributed by atoms with van der Waals surface area (Å²) in [5.41, 5.74) is 4.17. The minimum Gasteiger partial charge on any atom is -0.379 e. The second-order valence-electron chi connectivity index (χ2n) is 7.66. The molecule has 158 valence electrons. The van der Waals surface area contributed by atoms with Crippen LogP contribution in [0.3, 0.4) is 0 Å². The highest BCUT2D eigenvalue weighted by Gasteiger charge is 2.34. The van der Waals surface area contributed by atoms with Gasteiger partial charge in [-0.25, -0.2) is 0 Å². The molecule has 0 saturated carbocycles. The monoisotopic (exact) mass is 425 g/mol. The third-order valence-electron chi connectivity index (χ3n) is 5.54. The number of nitrogens with zero attached hydrogens (tertiary/aromatic N) is 2. The van der Waals surface area contributed by atoms with Crippen LogP contribution in [0.4, 0.5) is 11.4 Å². The number of carbonyl (C=O) groups is 1. The number of aromatic nitrogens is 2. The van der Waals surface area contributed by atoms with E-state index in [-0.39, 0.29) is 36.2 Å². The molecular weight excluding hydrogens is 398 g/mol. The van der Waals surface area contributed by atoms with Gasteiger partial charge in [-0.05, 0) is 42.3 Å². The van der Waals surface area contributed by atoms with Crippen molar-refractivity contribution >= 4 is 29.7 Å². The van der Waals surface area contributed by atoms with Crippen LogP contribution in [0.2, 0.25) is 0 Å². The molecular formula is C23H28ClN5O. The van der Waals surface area contributed by atoms with E-state index in [0.717, 1.165) is 23.5 Å². The van der Waals surface area contributed by atoms with Gasteiger partial charge in [0.15, 0.2) is 0 Å². The molecule has 2 aromatic carbocycles. The lowest BCUT2D eigenvalue weighted by Crippen LogP contribution is -2.28. The Morgan fingerprint density at radius 2 is 1.80 bits per heavy atom. The Hall–Kier alpha value is -2.83. The van der Waals surface area contributed by atoms with Gasteiger partial charge in [0.1, 0.15) is 0 Å². The van der Waals surface area contributed by atoms with Gasteiger partial charge in [-0.15, -0.1) is 12.4 Å². The molecule has 7 heteroatoms.